The van der Waals surface area contributed by atoms with Crippen molar-refractivity contribution < 1.29 is 14.3 Å². The minimum Gasteiger partial charge on any atom is -0.550 e. The van der Waals surface area contributed by atoms with Gasteiger partial charge in [-0.05, 0) is 24.6 Å². The molecule has 1 atom stereocenters. The smallest absolute Gasteiger partial charge is 0.213 e. The zero-order valence-electron chi connectivity index (χ0n) is 14.3. The maximum absolute atomic E-state index is 14.2. The number of aryl methyl sites for hydroxylation is 1. The third-order valence-electron chi connectivity index (χ3n) is 4.19. The van der Waals surface area contributed by atoms with Crippen molar-refractivity contribution in [1.82, 2.24) is 14.9 Å². The van der Waals surface area contributed by atoms with Crippen LogP contribution >= 0.6 is 11.8 Å². The predicted octanol–water partition coefficient (Wildman–Crippen LogP) is 2.26. The number of benzene rings is 2. The largest absolute Gasteiger partial charge is 0.550 e. The molecular formula is C19H14FN4O2S-. The van der Waals surface area contributed by atoms with Gasteiger partial charge in [0.1, 0.15) is 5.82 Å². The van der Waals surface area contributed by atoms with E-state index in [1.54, 1.807) is 18.2 Å². The lowest BCUT2D eigenvalue weighted by Crippen LogP contribution is -2.32. The Morgan fingerprint density at radius 3 is 2.63 bits per heavy atom. The Hall–Kier alpha value is -3.00. The topological polar surface area (TPSA) is 83.2 Å². The van der Waals surface area contributed by atoms with Gasteiger partial charge in [-0.15, -0.1) is 10.2 Å². The molecule has 2 aromatic carbocycles. The molecule has 6 nitrogen and oxygen atoms in total. The average Bonchev–Trinajstić information content (AvgIpc) is 3.04. The minimum absolute atomic E-state index is 0.209. The molecule has 0 radical (unpaired) electrons. The fraction of sp³-hybridized carbons (Fsp3) is 0.158. The normalized spacial score (nSPS) is 15.9. The third kappa shape index (κ3) is 3.35. The predicted molar refractivity (Wildman–Crippen MR) is 97.8 cm³/mol. The lowest BCUT2D eigenvalue weighted by Gasteiger charge is -2.23. The average molecular weight is 381 g/mol. The first kappa shape index (κ1) is 17.4. The van der Waals surface area contributed by atoms with E-state index in [0.29, 0.717) is 10.9 Å². The number of carboxylic acids is 1. The SMILES string of the molecule is Cc1ccc(C2=Nn3c(nnc3-c3ccccc3F)S[C@H]2CC(=O)[O-])cc1. The summed E-state index contributed by atoms with van der Waals surface area (Å²) in [5.74, 6) is -1.33. The molecule has 0 unspecified atom stereocenters. The maximum Gasteiger partial charge on any atom is 0.213 e. The van der Waals surface area contributed by atoms with Gasteiger partial charge < -0.3 is 9.90 Å². The number of carbonyl (C=O) groups excluding carboxylic acids is 1. The lowest BCUT2D eigenvalue weighted by molar-refractivity contribution is -0.305. The minimum atomic E-state index is -1.17. The van der Waals surface area contributed by atoms with Gasteiger partial charge in [0.25, 0.3) is 0 Å². The number of fused-ring (bicyclic) bond motifs is 1. The molecule has 0 aliphatic carbocycles. The lowest BCUT2D eigenvalue weighted by atomic mass is 10.0. The number of hydrogen-bond donors (Lipinski definition) is 0. The van der Waals surface area contributed by atoms with Gasteiger partial charge in [0.2, 0.25) is 5.16 Å². The standard InChI is InChI=1S/C19H15FN4O2S/c1-11-6-8-12(9-7-11)17-15(10-16(25)26)27-19-22-21-18(24(19)23-17)13-4-2-3-5-14(13)20/h2-9,15H,10H2,1H3,(H,25,26)/p-1/t15-/m0/s1. The molecule has 0 bridgehead atoms. The number of hydrogen-bond acceptors (Lipinski definition) is 6. The molecule has 0 saturated carbocycles. The van der Waals surface area contributed by atoms with Crippen LogP contribution in [0.15, 0.2) is 58.8 Å². The molecule has 136 valence electrons. The molecule has 1 aliphatic rings. The second-order valence-corrected chi connectivity index (χ2v) is 7.30. The van der Waals surface area contributed by atoms with Crippen LogP contribution in [0.2, 0.25) is 0 Å². The van der Waals surface area contributed by atoms with E-state index in [-0.39, 0.29) is 17.8 Å². The summed E-state index contributed by atoms with van der Waals surface area (Å²) < 4.78 is 15.7. The molecule has 1 aromatic heterocycles. The van der Waals surface area contributed by atoms with Crippen LogP contribution < -0.4 is 5.11 Å². The van der Waals surface area contributed by atoms with Crippen LogP contribution in [-0.2, 0) is 4.79 Å². The molecule has 2 heterocycles. The summed E-state index contributed by atoms with van der Waals surface area (Å²) in [5, 5.41) is 23.9. The number of carboxylic acid groups (broad SMARTS) is 1. The van der Waals surface area contributed by atoms with E-state index in [2.05, 4.69) is 15.3 Å². The molecule has 1 aliphatic heterocycles. The van der Waals surface area contributed by atoms with E-state index in [9.17, 15) is 14.3 Å². The molecule has 27 heavy (non-hydrogen) atoms. The second kappa shape index (κ2) is 6.96. The van der Waals surface area contributed by atoms with Crippen molar-refractivity contribution in [2.24, 2.45) is 5.10 Å². The van der Waals surface area contributed by atoms with Gasteiger partial charge in [-0.25, -0.2) is 4.39 Å². The summed E-state index contributed by atoms with van der Waals surface area (Å²) in [5.41, 5.74) is 2.71. The Kier molecular flexibility index (Phi) is 4.49. The molecule has 3 aromatic rings. The van der Waals surface area contributed by atoms with Gasteiger partial charge in [0.15, 0.2) is 5.82 Å². The van der Waals surface area contributed by atoms with E-state index in [1.165, 1.54) is 22.5 Å². The summed E-state index contributed by atoms with van der Waals surface area (Å²) in [6.45, 7) is 1.97. The number of thioether (sulfide) groups is 1. The van der Waals surface area contributed by atoms with Crippen LogP contribution in [0.25, 0.3) is 11.4 Å². The number of aromatic nitrogens is 3. The van der Waals surface area contributed by atoms with Gasteiger partial charge in [0.05, 0.1) is 16.5 Å². The number of nitrogens with zero attached hydrogens (tertiary/aromatic N) is 4. The van der Waals surface area contributed by atoms with Crippen LogP contribution in [-0.4, -0.2) is 31.8 Å². The van der Waals surface area contributed by atoms with Crippen LogP contribution in [0.5, 0.6) is 0 Å². The summed E-state index contributed by atoms with van der Waals surface area (Å²) in [7, 11) is 0. The Labute approximate surface area is 158 Å². The van der Waals surface area contributed by atoms with Crippen LogP contribution in [0.4, 0.5) is 4.39 Å². The highest BCUT2D eigenvalue weighted by Gasteiger charge is 2.29. The first-order valence-electron chi connectivity index (χ1n) is 8.25. The molecule has 0 saturated heterocycles. The van der Waals surface area contributed by atoms with Crippen LogP contribution in [0.1, 0.15) is 17.5 Å². The van der Waals surface area contributed by atoms with E-state index in [4.69, 9.17) is 0 Å². The van der Waals surface area contributed by atoms with Crippen molar-refractivity contribution >= 4 is 23.4 Å². The van der Waals surface area contributed by atoms with Gasteiger partial charge >= 0.3 is 0 Å². The Morgan fingerprint density at radius 2 is 1.93 bits per heavy atom. The quantitative estimate of drug-likeness (QED) is 0.692. The first-order chi connectivity index (χ1) is 13.0. The summed E-state index contributed by atoms with van der Waals surface area (Å²) in [6, 6.07) is 13.9. The Balaban J connectivity index is 1.85. The van der Waals surface area contributed by atoms with Gasteiger partial charge in [0, 0.05) is 12.4 Å². The highest BCUT2D eigenvalue weighted by atomic mass is 32.2. The van der Waals surface area contributed by atoms with Gasteiger partial charge in [-0.1, -0.05) is 53.7 Å². The number of halogens is 1. The molecule has 0 amide bonds. The number of rotatable bonds is 4. The van der Waals surface area contributed by atoms with E-state index in [1.807, 2.05) is 31.2 Å². The molecule has 4 rings (SSSR count). The highest BCUT2D eigenvalue weighted by Crippen LogP contribution is 2.35. The molecule has 0 fully saturated rings. The van der Waals surface area contributed by atoms with Crippen LogP contribution in [0, 0.1) is 12.7 Å². The van der Waals surface area contributed by atoms with Crippen molar-refractivity contribution in [1.29, 1.82) is 0 Å². The van der Waals surface area contributed by atoms with Crippen LogP contribution in [0.3, 0.4) is 0 Å². The fourth-order valence-electron chi connectivity index (χ4n) is 2.85. The zero-order chi connectivity index (χ0) is 19.0. The van der Waals surface area contributed by atoms with Crippen molar-refractivity contribution in [3.63, 3.8) is 0 Å². The van der Waals surface area contributed by atoms with E-state index >= 15 is 0 Å². The maximum atomic E-state index is 14.2. The second-order valence-electron chi connectivity index (χ2n) is 6.13. The molecule has 0 N–H and O–H groups in total. The van der Waals surface area contributed by atoms with E-state index in [0.717, 1.165) is 11.1 Å². The fourth-order valence-corrected chi connectivity index (χ4v) is 3.94. The van der Waals surface area contributed by atoms with Crippen molar-refractivity contribution in [3.05, 3.63) is 65.5 Å². The highest BCUT2D eigenvalue weighted by molar-refractivity contribution is 8.00. The van der Waals surface area contributed by atoms with Crippen molar-refractivity contribution in [3.8, 4) is 11.4 Å². The Bertz CT molecular complexity index is 1050. The summed E-state index contributed by atoms with van der Waals surface area (Å²) >= 11 is 1.23. The number of carbonyl (C=O) groups is 1. The van der Waals surface area contributed by atoms with Gasteiger partial charge in [-0.3, -0.25) is 0 Å². The third-order valence-corrected chi connectivity index (χ3v) is 5.33. The monoisotopic (exact) mass is 381 g/mol. The number of aliphatic carboxylic acids is 1. The molecule has 0 spiro atoms. The van der Waals surface area contributed by atoms with E-state index < -0.39 is 17.0 Å². The summed E-state index contributed by atoms with van der Waals surface area (Å²) in [6.07, 6.45) is -0.209. The molecular weight excluding hydrogens is 367 g/mol. The zero-order valence-corrected chi connectivity index (χ0v) is 15.1. The van der Waals surface area contributed by atoms with Gasteiger partial charge in [-0.2, -0.15) is 9.78 Å². The van der Waals surface area contributed by atoms with Crippen molar-refractivity contribution in [2.75, 3.05) is 0 Å². The van der Waals surface area contributed by atoms with Crippen molar-refractivity contribution in [2.45, 2.75) is 23.8 Å². The Morgan fingerprint density at radius 1 is 1.19 bits per heavy atom. The first-order valence-corrected chi connectivity index (χ1v) is 9.13. The summed E-state index contributed by atoms with van der Waals surface area (Å²) in [4.78, 5) is 11.2. The molecule has 8 heteroatoms.